The molecule has 0 aliphatic heterocycles. The Morgan fingerprint density at radius 3 is 2.33 bits per heavy atom. The quantitative estimate of drug-likeness (QED) is 0.271. The highest BCUT2D eigenvalue weighted by molar-refractivity contribution is 7.83. The Hall–Kier alpha value is -3.66. The lowest BCUT2D eigenvalue weighted by molar-refractivity contribution is 0.0139. The van der Waals surface area contributed by atoms with E-state index < -0.39 is 22.9 Å². The topological polar surface area (TPSA) is 88.4 Å². The Labute approximate surface area is 210 Å². The number of halogens is 2. The molecule has 0 saturated carbocycles. The molecule has 1 unspecified atom stereocenters. The van der Waals surface area contributed by atoms with Gasteiger partial charge in [0.05, 0.1) is 17.1 Å². The highest BCUT2D eigenvalue weighted by Crippen LogP contribution is 2.36. The van der Waals surface area contributed by atoms with Crippen molar-refractivity contribution < 1.29 is 17.8 Å². The minimum absolute atomic E-state index is 0.299. The van der Waals surface area contributed by atoms with E-state index in [0.717, 1.165) is 18.1 Å². The average Bonchev–Trinajstić information content (AvgIpc) is 3.20. The van der Waals surface area contributed by atoms with Crippen LogP contribution in [0.5, 0.6) is 0 Å². The summed E-state index contributed by atoms with van der Waals surface area (Å²) < 4.78 is 45.3. The van der Waals surface area contributed by atoms with Crippen molar-refractivity contribution >= 4 is 22.7 Å². The molecule has 10 heteroatoms. The van der Waals surface area contributed by atoms with Crippen molar-refractivity contribution in [2.24, 2.45) is 0 Å². The van der Waals surface area contributed by atoms with Crippen LogP contribution in [-0.2, 0) is 27.5 Å². The van der Waals surface area contributed by atoms with E-state index in [1.807, 2.05) is 38.1 Å². The van der Waals surface area contributed by atoms with Crippen LogP contribution in [0.25, 0.3) is 16.9 Å². The second kappa shape index (κ2) is 10.1. The minimum atomic E-state index is -3.13. The Bertz CT molecular complexity index is 1430. The molecule has 188 valence electrons. The summed E-state index contributed by atoms with van der Waals surface area (Å²) in [6.45, 7) is 6.65. The fraction of sp³-hybridized carbons (Fsp3) is 0.269. The number of rotatable bonds is 7. The molecule has 0 bridgehead atoms. The van der Waals surface area contributed by atoms with Gasteiger partial charge in [-0.1, -0.05) is 46.2 Å². The van der Waals surface area contributed by atoms with Gasteiger partial charge in [0, 0.05) is 25.2 Å². The third kappa shape index (κ3) is 5.59. The van der Waals surface area contributed by atoms with Crippen molar-refractivity contribution in [2.75, 3.05) is 6.54 Å². The van der Waals surface area contributed by atoms with Gasteiger partial charge >= 0.3 is 6.03 Å². The van der Waals surface area contributed by atoms with E-state index in [1.165, 1.54) is 0 Å². The maximum atomic E-state index is 14.4. The number of urea groups is 1. The van der Waals surface area contributed by atoms with Gasteiger partial charge in [0.15, 0.2) is 10.5 Å². The molecule has 0 saturated heterocycles. The Kier molecular flexibility index (Phi) is 7.16. The smallest absolute Gasteiger partial charge is 0.335 e. The maximum Gasteiger partial charge on any atom is 0.356 e. The molecule has 0 radical (unpaired) electrons. The van der Waals surface area contributed by atoms with Crippen molar-refractivity contribution in [1.29, 1.82) is 0 Å². The lowest BCUT2D eigenvalue weighted by Crippen LogP contribution is -2.37. The van der Waals surface area contributed by atoms with Crippen molar-refractivity contribution in [3.8, 4) is 11.3 Å². The Morgan fingerprint density at radius 2 is 1.69 bits per heavy atom. The average molecular weight is 513 g/mol. The van der Waals surface area contributed by atoms with Crippen LogP contribution in [-0.4, -0.2) is 26.9 Å². The highest BCUT2D eigenvalue weighted by atomic mass is 32.2. The lowest BCUT2D eigenvalue weighted by Gasteiger charge is -2.12. The summed E-state index contributed by atoms with van der Waals surface area (Å²) in [5.41, 5.74) is 4.27. The predicted octanol–water partition coefficient (Wildman–Crippen LogP) is 4.95. The van der Waals surface area contributed by atoms with Crippen molar-refractivity contribution in [1.82, 2.24) is 24.4 Å². The molecule has 0 aliphatic carbocycles. The third-order valence-electron chi connectivity index (χ3n) is 5.71. The first-order valence-corrected chi connectivity index (χ1v) is 12.7. The van der Waals surface area contributed by atoms with Crippen LogP contribution in [0.2, 0.25) is 0 Å². The SMILES string of the molecule is Cc1ccc([SH+](=O)NC(=O)NCCc2ccc(-c3c(C(C)(F)F)nc4c(C)nc(C)cn34)cc2)cc1. The number of carbonyl (C=O) groups excluding carboxylic acids is 1. The predicted molar refractivity (Wildman–Crippen MR) is 137 cm³/mol. The molecular formula is C26H28F2N5O2S+. The number of amides is 2. The summed E-state index contributed by atoms with van der Waals surface area (Å²) in [5.74, 6) is -3.13. The molecule has 2 N–H and O–H groups in total. The first kappa shape index (κ1) is 25.4. The van der Waals surface area contributed by atoms with E-state index in [2.05, 4.69) is 20.0 Å². The second-order valence-electron chi connectivity index (χ2n) is 8.80. The number of thiol groups is 1. The highest BCUT2D eigenvalue weighted by Gasteiger charge is 2.33. The van der Waals surface area contributed by atoms with E-state index in [9.17, 15) is 17.8 Å². The van der Waals surface area contributed by atoms with Gasteiger partial charge in [0.1, 0.15) is 5.69 Å². The van der Waals surface area contributed by atoms with Crippen LogP contribution in [0.15, 0.2) is 59.6 Å². The number of benzene rings is 2. The first-order chi connectivity index (χ1) is 17.0. The fourth-order valence-corrected chi connectivity index (χ4v) is 4.76. The molecule has 7 nitrogen and oxygen atoms in total. The van der Waals surface area contributed by atoms with Crippen molar-refractivity contribution in [2.45, 2.75) is 44.9 Å². The number of nitrogens with one attached hydrogen (secondary N) is 2. The number of carbonyl (C=O) groups is 1. The molecule has 0 fully saturated rings. The van der Waals surface area contributed by atoms with Crippen LogP contribution in [0.4, 0.5) is 13.6 Å². The summed E-state index contributed by atoms with van der Waals surface area (Å²) in [6, 6.07) is 13.8. The summed E-state index contributed by atoms with van der Waals surface area (Å²) >= 11 is 0. The summed E-state index contributed by atoms with van der Waals surface area (Å²) in [7, 11) is -2.04. The summed E-state index contributed by atoms with van der Waals surface area (Å²) in [4.78, 5) is 21.2. The Morgan fingerprint density at radius 1 is 1.03 bits per heavy atom. The third-order valence-corrected chi connectivity index (χ3v) is 6.88. The summed E-state index contributed by atoms with van der Waals surface area (Å²) in [5, 5.41) is 2.70. The molecule has 1 atom stereocenters. The van der Waals surface area contributed by atoms with E-state index in [1.54, 1.807) is 41.8 Å². The van der Waals surface area contributed by atoms with E-state index in [0.29, 0.717) is 46.2 Å². The van der Waals surface area contributed by atoms with Crippen LogP contribution in [0.1, 0.15) is 35.1 Å². The number of hydrogen-bond donors (Lipinski definition) is 2. The fourth-order valence-electron chi connectivity index (χ4n) is 3.95. The molecule has 0 spiro atoms. The molecule has 4 aromatic rings. The van der Waals surface area contributed by atoms with Gasteiger partial charge in [0.25, 0.3) is 5.92 Å². The molecule has 2 amide bonds. The van der Waals surface area contributed by atoms with Crippen LogP contribution < -0.4 is 10.0 Å². The minimum Gasteiger partial charge on any atom is -0.335 e. The van der Waals surface area contributed by atoms with Crippen molar-refractivity contribution in [3.63, 3.8) is 0 Å². The van der Waals surface area contributed by atoms with Gasteiger partial charge in [-0.05, 0) is 44.9 Å². The zero-order valence-electron chi connectivity index (χ0n) is 20.5. The van der Waals surface area contributed by atoms with Gasteiger partial charge in [-0.15, -0.1) is 4.72 Å². The Balaban J connectivity index is 1.44. The van der Waals surface area contributed by atoms with E-state index in [-0.39, 0.29) is 5.69 Å². The molecule has 0 aliphatic rings. The zero-order valence-corrected chi connectivity index (χ0v) is 21.4. The summed E-state index contributed by atoms with van der Waals surface area (Å²) in [6.07, 6.45) is 2.22. The molecule has 2 aromatic heterocycles. The van der Waals surface area contributed by atoms with Gasteiger partial charge < -0.3 is 5.32 Å². The van der Waals surface area contributed by atoms with Crippen LogP contribution >= 0.6 is 0 Å². The van der Waals surface area contributed by atoms with Gasteiger partial charge in [0.2, 0.25) is 11.0 Å². The van der Waals surface area contributed by atoms with Gasteiger partial charge in [-0.25, -0.2) is 9.78 Å². The number of imidazole rings is 1. The molecule has 4 rings (SSSR count). The van der Waals surface area contributed by atoms with E-state index >= 15 is 0 Å². The molecule has 2 aromatic carbocycles. The molecule has 2 heterocycles. The number of alkyl halides is 2. The normalized spacial score (nSPS) is 12.5. The van der Waals surface area contributed by atoms with Gasteiger partial charge in [-0.3, -0.25) is 9.38 Å². The van der Waals surface area contributed by atoms with Crippen LogP contribution in [0, 0.1) is 20.8 Å². The maximum absolute atomic E-state index is 14.4. The molecule has 36 heavy (non-hydrogen) atoms. The number of hydrogen-bond acceptors (Lipinski definition) is 4. The zero-order chi connectivity index (χ0) is 26.0. The monoisotopic (exact) mass is 512 g/mol. The molecular weight excluding hydrogens is 484 g/mol. The number of aryl methyl sites for hydroxylation is 3. The second-order valence-corrected chi connectivity index (χ2v) is 10.1. The largest absolute Gasteiger partial charge is 0.356 e. The lowest BCUT2D eigenvalue weighted by atomic mass is 10.0. The number of aromatic nitrogens is 3. The van der Waals surface area contributed by atoms with E-state index in [4.69, 9.17) is 0 Å². The van der Waals surface area contributed by atoms with Crippen molar-refractivity contribution in [3.05, 3.63) is 82.9 Å². The number of fused-ring (bicyclic) bond motifs is 1. The standard InChI is InChI=1S/C26H27F2N5O2S/c1-16-5-11-21(12-6-16)36(35)32-25(34)29-14-13-19-7-9-20(10-8-19)22-23(26(4,27)28)31-24-18(3)30-17(2)15-33(22)24/h5-12,15H,13-14H2,1-4H3,(H2,29,32,34,35)/p+1. The van der Waals surface area contributed by atoms with Gasteiger partial charge in [-0.2, -0.15) is 8.78 Å². The first-order valence-electron chi connectivity index (χ1n) is 11.5. The number of nitrogens with zero attached hydrogens (tertiary/aromatic N) is 3. The van der Waals surface area contributed by atoms with Crippen LogP contribution in [0.3, 0.4) is 0 Å².